The number of hydrogen-bond acceptors (Lipinski definition) is 2. The second-order valence-electron chi connectivity index (χ2n) is 5.09. The molecule has 0 bridgehead atoms. The third kappa shape index (κ3) is 2.99. The Bertz CT molecular complexity index is 410. The van der Waals surface area contributed by atoms with Crippen molar-refractivity contribution in [2.45, 2.75) is 39.5 Å². The minimum Gasteiger partial charge on any atom is -0.497 e. The summed E-state index contributed by atoms with van der Waals surface area (Å²) in [5.41, 5.74) is 2.88. The number of carbonyl (C=O) groups is 1. The van der Waals surface area contributed by atoms with E-state index in [4.69, 9.17) is 9.84 Å². The smallest absolute Gasteiger partial charge is 0.304 e. The quantitative estimate of drug-likeness (QED) is 0.874. The van der Waals surface area contributed by atoms with Gasteiger partial charge >= 0.3 is 5.97 Å². The summed E-state index contributed by atoms with van der Waals surface area (Å²) in [6.07, 6.45) is 0.126. The molecule has 0 atom stereocenters. The third-order valence-corrected chi connectivity index (χ3v) is 3.01. The maximum atomic E-state index is 10.9. The molecule has 1 rings (SSSR count). The molecule has 0 radical (unpaired) electrons. The van der Waals surface area contributed by atoms with Crippen molar-refractivity contribution in [3.63, 3.8) is 0 Å². The second-order valence-corrected chi connectivity index (χ2v) is 5.09. The lowest BCUT2D eigenvalue weighted by molar-refractivity contribution is -0.138. The molecule has 0 fully saturated rings. The van der Waals surface area contributed by atoms with E-state index in [9.17, 15) is 4.79 Å². The average molecular weight is 236 g/mol. The Labute approximate surface area is 102 Å². The Balaban J connectivity index is 3.26. The largest absolute Gasteiger partial charge is 0.497 e. The van der Waals surface area contributed by atoms with E-state index in [-0.39, 0.29) is 11.8 Å². The predicted octanol–water partition coefficient (Wildman–Crippen LogP) is 3.06. The number of aliphatic carboxylic acids is 1. The summed E-state index contributed by atoms with van der Waals surface area (Å²) in [5.74, 6) is 0.0412. The molecule has 0 aliphatic heterocycles. The zero-order chi connectivity index (χ0) is 13.2. The first-order valence-electron chi connectivity index (χ1n) is 5.65. The molecule has 17 heavy (non-hydrogen) atoms. The number of carboxylic acid groups (broad SMARTS) is 1. The van der Waals surface area contributed by atoms with E-state index in [1.807, 2.05) is 39.8 Å². The Kier molecular flexibility index (Phi) is 3.81. The monoisotopic (exact) mass is 236 g/mol. The zero-order valence-electron chi connectivity index (χ0n) is 11.1. The molecule has 0 heterocycles. The first kappa shape index (κ1) is 13.6. The van der Waals surface area contributed by atoms with Crippen molar-refractivity contribution in [2.24, 2.45) is 0 Å². The summed E-state index contributed by atoms with van der Waals surface area (Å²) in [6, 6.07) is 3.90. The van der Waals surface area contributed by atoms with Gasteiger partial charge in [0.1, 0.15) is 5.75 Å². The van der Waals surface area contributed by atoms with Crippen LogP contribution in [0.5, 0.6) is 5.75 Å². The van der Waals surface area contributed by atoms with E-state index < -0.39 is 5.97 Å². The molecule has 0 aromatic heterocycles. The van der Waals surface area contributed by atoms with Gasteiger partial charge in [0.2, 0.25) is 0 Å². The topological polar surface area (TPSA) is 46.5 Å². The summed E-state index contributed by atoms with van der Waals surface area (Å²) in [5, 5.41) is 8.97. The van der Waals surface area contributed by atoms with Gasteiger partial charge in [-0.15, -0.1) is 0 Å². The molecule has 0 saturated carbocycles. The number of ether oxygens (including phenoxy) is 1. The van der Waals surface area contributed by atoms with Gasteiger partial charge in [-0.1, -0.05) is 13.8 Å². The van der Waals surface area contributed by atoms with E-state index in [2.05, 4.69) is 0 Å². The predicted molar refractivity (Wildman–Crippen MR) is 67.7 cm³/mol. The minimum atomic E-state index is -0.774. The summed E-state index contributed by atoms with van der Waals surface area (Å²) >= 11 is 0. The van der Waals surface area contributed by atoms with Crippen molar-refractivity contribution in [1.29, 1.82) is 0 Å². The van der Waals surface area contributed by atoms with Crippen molar-refractivity contribution in [2.75, 3.05) is 7.11 Å². The molecule has 1 aromatic rings. The number of carboxylic acids is 1. The SMILES string of the molecule is COc1cc(C)c(C(C)(C)CC(=O)O)c(C)c1. The molecule has 94 valence electrons. The number of hydrogen-bond donors (Lipinski definition) is 1. The first-order chi connectivity index (χ1) is 7.77. The summed E-state index contributed by atoms with van der Waals surface area (Å²) < 4.78 is 5.21. The number of methoxy groups -OCH3 is 1. The van der Waals surface area contributed by atoms with Crippen molar-refractivity contribution in [3.8, 4) is 5.75 Å². The fourth-order valence-corrected chi connectivity index (χ4v) is 2.58. The van der Waals surface area contributed by atoms with Crippen LogP contribution < -0.4 is 4.74 Å². The average Bonchev–Trinajstić information content (AvgIpc) is 2.13. The van der Waals surface area contributed by atoms with Crippen LogP contribution in [0.1, 0.15) is 37.0 Å². The van der Waals surface area contributed by atoms with Crippen LogP contribution in [0, 0.1) is 13.8 Å². The van der Waals surface area contributed by atoms with E-state index in [1.165, 1.54) is 0 Å². The third-order valence-electron chi connectivity index (χ3n) is 3.01. The second kappa shape index (κ2) is 4.78. The molecular weight excluding hydrogens is 216 g/mol. The van der Waals surface area contributed by atoms with Gasteiger partial charge in [0.15, 0.2) is 0 Å². The lowest BCUT2D eigenvalue weighted by Gasteiger charge is -2.27. The number of benzene rings is 1. The summed E-state index contributed by atoms with van der Waals surface area (Å²) in [4.78, 5) is 10.9. The summed E-state index contributed by atoms with van der Waals surface area (Å²) in [7, 11) is 1.64. The molecule has 0 spiro atoms. The summed E-state index contributed by atoms with van der Waals surface area (Å²) in [6.45, 7) is 7.91. The maximum Gasteiger partial charge on any atom is 0.304 e. The van der Waals surface area contributed by atoms with Crippen LogP contribution in [0.15, 0.2) is 12.1 Å². The lowest BCUT2D eigenvalue weighted by Crippen LogP contribution is -2.24. The van der Waals surface area contributed by atoms with Crippen LogP contribution in [0.3, 0.4) is 0 Å². The molecule has 0 amide bonds. The molecule has 0 aliphatic rings. The van der Waals surface area contributed by atoms with E-state index in [0.29, 0.717) is 0 Å². The van der Waals surface area contributed by atoms with Crippen LogP contribution in [0.2, 0.25) is 0 Å². The molecule has 0 aliphatic carbocycles. The van der Waals surface area contributed by atoms with Gasteiger partial charge < -0.3 is 9.84 Å². The van der Waals surface area contributed by atoms with Gasteiger partial charge in [-0.25, -0.2) is 0 Å². The van der Waals surface area contributed by atoms with E-state index in [1.54, 1.807) is 7.11 Å². The van der Waals surface area contributed by atoms with Crippen LogP contribution in [-0.4, -0.2) is 18.2 Å². The van der Waals surface area contributed by atoms with Crippen LogP contribution in [0.25, 0.3) is 0 Å². The van der Waals surface area contributed by atoms with E-state index >= 15 is 0 Å². The van der Waals surface area contributed by atoms with Crippen LogP contribution in [-0.2, 0) is 10.2 Å². The zero-order valence-corrected chi connectivity index (χ0v) is 11.1. The highest BCUT2D eigenvalue weighted by atomic mass is 16.5. The van der Waals surface area contributed by atoms with Gasteiger partial charge in [0.05, 0.1) is 13.5 Å². The molecule has 0 saturated heterocycles. The Hall–Kier alpha value is -1.51. The fourth-order valence-electron chi connectivity index (χ4n) is 2.58. The van der Waals surface area contributed by atoms with Crippen molar-refractivity contribution in [3.05, 3.63) is 28.8 Å². The molecule has 0 unspecified atom stereocenters. The maximum absolute atomic E-state index is 10.9. The Morgan fingerprint density at radius 1 is 1.29 bits per heavy atom. The highest BCUT2D eigenvalue weighted by Crippen LogP contribution is 2.34. The Morgan fingerprint density at radius 3 is 2.12 bits per heavy atom. The highest BCUT2D eigenvalue weighted by Gasteiger charge is 2.27. The van der Waals surface area contributed by atoms with Crippen LogP contribution in [0.4, 0.5) is 0 Å². The van der Waals surface area contributed by atoms with Crippen molar-refractivity contribution in [1.82, 2.24) is 0 Å². The Morgan fingerprint density at radius 2 is 1.76 bits per heavy atom. The van der Waals surface area contributed by atoms with Gasteiger partial charge in [0.25, 0.3) is 0 Å². The van der Waals surface area contributed by atoms with Gasteiger partial charge in [-0.2, -0.15) is 0 Å². The minimum absolute atomic E-state index is 0.126. The normalized spacial score (nSPS) is 11.4. The molecule has 1 N–H and O–H groups in total. The van der Waals surface area contributed by atoms with Gasteiger partial charge in [-0.3, -0.25) is 4.79 Å². The van der Waals surface area contributed by atoms with Crippen molar-refractivity contribution < 1.29 is 14.6 Å². The van der Waals surface area contributed by atoms with Gasteiger partial charge in [0, 0.05) is 5.41 Å². The molecular formula is C14H20O3. The lowest BCUT2D eigenvalue weighted by atomic mass is 9.77. The van der Waals surface area contributed by atoms with E-state index in [0.717, 1.165) is 22.4 Å². The number of rotatable bonds is 4. The molecule has 3 nitrogen and oxygen atoms in total. The van der Waals surface area contributed by atoms with Gasteiger partial charge in [-0.05, 0) is 42.7 Å². The molecule has 1 aromatic carbocycles. The van der Waals surface area contributed by atoms with Crippen molar-refractivity contribution >= 4 is 5.97 Å². The number of aryl methyl sites for hydroxylation is 2. The van der Waals surface area contributed by atoms with Crippen LogP contribution >= 0.6 is 0 Å². The highest BCUT2D eigenvalue weighted by molar-refractivity contribution is 5.69. The molecule has 3 heteroatoms. The first-order valence-corrected chi connectivity index (χ1v) is 5.65. The standard InChI is InChI=1S/C14H20O3/c1-9-6-11(17-5)7-10(2)13(9)14(3,4)8-12(15)16/h6-7H,8H2,1-5H3,(H,15,16). The fraction of sp³-hybridized carbons (Fsp3) is 0.500.